The van der Waals surface area contributed by atoms with Crippen molar-refractivity contribution in [2.45, 2.75) is 6.92 Å². The van der Waals surface area contributed by atoms with Crippen LogP contribution in [0.1, 0.15) is 5.69 Å². The average molecular weight is 126 g/mol. The second kappa shape index (κ2) is 3.04. The molecule has 1 heterocycles. The number of nitrogen functional groups attached to an aromatic ring is 1. The Morgan fingerprint density at radius 2 is 2.11 bits per heavy atom. The van der Waals surface area contributed by atoms with E-state index in [1.165, 1.54) is 0 Å². The van der Waals surface area contributed by atoms with Gasteiger partial charge in [-0.1, -0.05) is 4.68 Å². The van der Waals surface area contributed by atoms with Crippen LogP contribution in [0, 0.1) is 6.92 Å². The summed E-state index contributed by atoms with van der Waals surface area (Å²) in [7, 11) is 0. The summed E-state index contributed by atoms with van der Waals surface area (Å²) < 4.78 is 1.58. The zero-order valence-electron chi connectivity index (χ0n) is 5.28. The van der Waals surface area contributed by atoms with Gasteiger partial charge in [0.2, 0.25) is 5.69 Å². The summed E-state index contributed by atoms with van der Waals surface area (Å²) in [4.78, 5) is 0. The summed E-state index contributed by atoms with van der Waals surface area (Å²) in [6.45, 7) is 1.96. The zero-order valence-corrected chi connectivity index (χ0v) is 5.28. The fraction of sp³-hybridized carbons (Fsp3) is 0.167. The van der Waals surface area contributed by atoms with Crippen LogP contribution in [0.15, 0.2) is 24.4 Å². The lowest BCUT2D eigenvalue weighted by molar-refractivity contribution is -0.645. The van der Waals surface area contributed by atoms with E-state index >= 15 is 0 Å². The van der Waals surface area contributed by atoms with Gasteiger partial charge in [-0.15, -0.1) is 0 Å². The van der Waals surface area contributed by atoms with Gasteiger partial charge >= 0.3 is 0 Å². The quantitative estimate of drug-likeness (QED) is 0.387. The van der Waals surface area contributed by atoms with Gasteiger partial charge in [-0.05, 0) is 6.07 Å². The van der Waals surface area contributed by atoms with Crippen LogP contribution < -0.4 is 10.5 Å². The molecular weight excluding hydrogens is 116 g/mol. The number of aromatic nitrogens is 1. The molecule has 0 aromatic carbocycles. The molecule has 0 spiro atoms. The fourth-order valence-electron chi connectivity index (χ4n) is 0.541. The fourth-order valence-corrected chi connectivity index (χ4v) is 0.541. The highest BCUT2D eigenvalue weighted by atomic mass is 16.0. The van der Waals surface area contributed by atoms with Gasteiger partial charge in [-0.3, -0.25) is 0 Å². The average Bonchev–Trinajstić information content (AvgIpc) is 1.77. The largest absolute Gasteiger partial charge is 0.870 e. The van der Waals surface area contributed by atoms with E-state index in [2.05, 4.69) is 0 Å². The molecule has 0 radical (unpaired) electrons. The predicted molar refractivity (Wildman–Crippen MR) is 33.5 cm³/mol. The molecule has 0 unspecified atom stereocenters. The maximum atomic E-state index is 5.44. The number of nitrogens with zero attached hydrogens (tertiary/aromatic N) is 1. The smallest absolute Gasteiger partial charge is 0.208 e. The number of nitrogens with two attached hydrogens (primary N) is 1. The van der Waals surface area contributed by atoms with Crippen molar-refractivity contribution in [3.05, 3.63) is 30.1 Å². The standard InChI is InChI=1S/C6H9N2.H2O/c1-6-4-2-3-5-8(6)7;/h2-5H,7H2,1H3;1H2/q+1;/p-1. The molecule has 0 saturated carbocycles. The van der Waals surface area contributed by atoms with E-state index in [1.54, 1.807) is 4.68 Å². The number of hydrogen-bond donors (Lipinski definition) is 1. The molecule has 3 N–H and O–H groups in total. The van der Waals surface area contributed by atoms with E-state index in [-0.39, 0.29) is 5.48 Å². The summed E-state index contributed by atoms with van der Waals surface area (Å²) in [5, 5.41) is 0. The molecule has 0 saturated heterocycles. The van der Waals surface area contributed by atoms with Crippen molar-refractivity contribution in [2.24, 2.45) is 0 Å². The first kappa shape index (κ1) is 7.91. The van der Waals surface area contributed by atoms with Crippen LogP contribution in [0.4, 0.5) is 0 Å². The number of rotatable bonds is 0. The molecule has 1 aromatic rings. The molecular formula is C6H10N2O. The summed E-state index contributed by atoms with van der Waals surface area (Å²) >= 11 is 0. The summed E-state index contributed by atoms with van der Waals surface area (Å²) in [6, 6.07) is 5.81. The molecule has 50 valence electrons. The Balaban J connectivity index is 0.000000640. The SMILES string of the molecule is Cc1cccc[n+]1N.[OH-]. The minimum absolute atomic E-state index is 0. The molecule has 1 rings (SSSR count). The molecule has 3 nitrogen and oxygen atoms in total. The zero-order chi connectivity index (χ0) is 5.98. The highest BCUT2D eigenvalue weighted by molar-refractivity contribution is 4.93. The molecule has 0 aliphatic rings. The van der Waals surface area contributed by atoms with Crippen LogP contribution in [0.3, 0.4) is 0 Å². The summed E-state index contributed by atoms with van der Waals surface area (Å²) in [5.74, 6) is 5.44. The lowest BCUT2D eigenvalue weighted by Gasteiger charge is -1.85. The van der Waals surface area contributed by atoms with Crippen molar-refractivity contribution in [3.8, 4) is 0 Å². The van der Waals surface area contributed by atoms with Crippen LogP contribution in [-0.2, 0) is 0 Å². The van der Waals surface area contributed by atoms with Crippen LogP contribution in [0.25, 0.3) is 0 Å². The van der Waals surface area contributed by atoms with E-state index in [4.69, 9.17) is 5.84 Å². The third kappa shape index (κ3) is 1.70. The highest BCUT2D eigenvalue weighted by Crippen LogP contribution is 1.82. The first-order valence-electron chi connectivity index (χ1n) is 2.53. The van der Waals surface area contributed by atoms with Gasteiger partial charge in [0.15, 0.2) is 6.20 Å². The van der Waals surface area contributed by atoms with Gasteiger partial charge < -0.3 is 5.48 Å². The molecule has 0 atom stereocenters. The van der Waals surface area contributed by atoms with Crippen LogP contribution in [-0.4, -0.2) is 5.48 Å². The van der Waals surface area contributed by atoms with Crippen molar-refractivity contribution >= 4 is 0 Å². The van der Waals surface area contributed by atoms with Gasteiger partial charge in [-0.25, -0.2) is 5.84 Å². The Bertz CT molecular complexity index is 167. The van der Waals surface area contributed by atoms with Crippen LogP contribution >= 0.6 is 0 Å². The lowest BCUT2D eigenvalue weighted by Crippen LogP contribution is -2.46. The van der Waals surface area contributed by atoms with E-state index in [9.17, 15) is 0 Å². The normalized spacial score (nSPS) is 8.11. The first-order valence-corrected chi connectivity index (χ1v) is 2.53. The summed E-state index contributed by atoms with van der Waals surface area (Å²) in [5.41, 5.74) is 1.06. The predicted octanol–water partition coefficient (Wildman–Crippen LogP) is -0.180. The third-order valence-corrected chi connectivity index (χ3v) is 1.10. The first-order chi connectivity index (χ1) is 3.80. The maximum absolute atomic E-state index is 5.44. The summed E-state index contributed by atoms with van der Waals surface area (Å²) in [6.07, 6.45) is 1.81. The highest BCUT2D eigenvalue weighted by Gasteiger charge is 1.93. The second-order valence-corrected chi connectivity index (χ2v) is 1.75. The van der Waals surface area contributed by atoms with Crippen molar-refractivity contribution in [1.82, 2.24) is 0 Å². The Morgan fingerprint density at radius 3 is 2.44 bits per heavy atom. The molecule has 0 aliphatic heterocycles. The van der Waals surface area contributed by atoms with E-state index < -0.39 is 0 Å². The number of pyridine rings is 1. The van der Waals surface area contributed by atoms with Gasteiger partial charge in [0.25, 0.3) is 0 Å². The number of aryl methyl sites for hydroxylation is 1. The Labute approximate surface area is 54.0 Å². The van der Waals surface area contributed by atoms with Crippen molar-refractivity contribution in [2.75, 3.05) is 5.84 Å². The topological polar surface area (TPSA) is 59.9 Å². The van der Waals surface area contributed by atoms with Gasteiger partial charge in [0.05, 0.1) is 0 Å². The maximum Gasteiger partial charge on any atom is 0.208 e. The second-order valence-electron chi connectivity index (χ2n) is 1.75. The van der Waals surface area contributed by atoms with Crippen LogP contribution in [0.5, 0.6) is 0 Å². The van der Waals surface area contributed by atoms with E-state index in [1.807, 2.05) is 31.3 Å². The van der Waals surface area contributed by atoms with E-state index in [0.29, 0.717) is 0 Å². The van der Waals surface area contributed by atoms with Crippen molar-refractivity contribution < 1.29 is 10.2 Å². The molecule has 0 aliphatic carbocycles. The monoisotopic (exact) mass is 126 g/mol. The molecule has 3 heteroatoms. The Hall–Kier alpha value is -1.09. The van der Waals surface area contributed by atoms with Gasteiger partial charge in [0.1, 0.15) is 0 Å². The lowest BCUT2D eigenvalue weighted by atomic mass is 10.4. The molecule has 9 heavy (non-hydrogen) atoms. The van der Waals surface area contributed by atoms with Crippen molar-refractivity contribution in [3.63, 3.8) is 0 Å². The van der Waals surface area contributed by atoms with Crippen molar-refractivity contribution in [1.29, 1.82) is 0 Å². The Kier molecular flexibility index (Phi) is 2.67. The molecule has 0 bridgehead atoms. The molecule has 1 aromatic heterocycles. The minimum atomic E-state index is 0. The van der Waals surface area contributed by atoms with E-state index in [0.717, 1.165) is 5.69 Å². The van der Waals surface area contributed by atoms with Gasteiger partial charge in [-0.2, -0.15) is 0 Å². The minimum Gasteiger partial charge on any atom is -0.870 e. The number of hydrogen-bond acceptors (Lipinski definition) is 2. The Morgan fingerprint density at radius 1 is 1.44 bits per heavy atom. The van der Waals surface area contributed by atoms with Crippen LogP contribution in [0.2, 0.25) is 0 Å². The third-order valence-electron chi connectivity index (χ3n) is 1.10. The molecule has 0 amide bonds. The van der Waals surface area contributed by atoms with Gasteiger partial charge in [0, 0.05) is 19.1 Å². The molecule has 0 fully saturated rings.